The van der Waals surface area contributed by atoms with Crippen LogP contribution in [-0.4, -0.2) is 28.4 Å². The molecule has 1 amide bonds. The van der Waals surface area contributed by atoms with E-state index >= 15 is 0 Å². The number of amides is 1. The second-order valence-corrected chi connectivity index (χ2v) is 7.39. The quantitative estimate of drug-likeness (QED) is 0.302. The summed E-state index contributed by atoms with van der Waals surface area (Å²) in [5, 5.41) is 12.4. The predicted octanol–water partition coefficient (Wildman–Crippen LogP) is 4.60. The molecule has 1 aromatic heterocycles. The van der Waals surface area contributed by atoms with Gasteiger partial charge < -0.3 is 14.0 Å². The van der Waals surface area contributed by atoms with Crippen molar-refractivity contribution in [2.45, 2.75) is 19.4 Å². The molecule has 0 aliphatic heterocycles. The maximum atomic E-state index is 11.4. The number of ether oxygens (including phenoxy) is 2. The zero-order valence-corrected chi connectivity index (χ0v) is 18.2. The zero-order chi connectivity index (χ0) is 23.2. The average Bonchev–Trinajstić information content (AvgIpc) is 3.37. The summed E-state index contributed by atoms with van der Waals surface area (Å²) in [4.78, 5) is 15.4. The lowest BCUT2D eigenvalue weighted by molar-refractivity contribution is 0.0659. The first-order valence-corrected chi connectivity index (χ1v) is 10.3. The van der Waals surface area contributed by atoms with Crippen molar-refractivity contribution in [2.24, 2.45) is 0 Å². The third-order valence-corrected chi connectivity index (χ3v) is 5.32. The Bertz CT molecular complexity index is 1220. The standard InChI is InChI=1S/C25H23N3O5/c1-16(18-8-10-19(11-9-18)23-26-25(33-28-23)24(29)27-30)20-12-13-21(31-2)22(14-20)32-15-17-6-4-3-5-7-17/h3-14,16,30H,15H2,1-2H3,(H,27,29). The molecule has 0 saturated carbocycles. The van der Waals surface area contributed by atoms with Crippen LogP contribution >= 0.6 is 0 Å². The summed E-state index contributed by atoms with van der Waals surface area (Å²) >= 11 is 0. The number of carbonyl (C=O) groups excluding carboxylic acids is 1. The first-order chi connectivity index (χ1) is 16.1. The summed E-state index contributed by atoms with van der Waals surface area (Å²) in [5.74, 6) is 0.537. The molecule has 0 radical (unpaired) electrons. The van der Waals surface area contributed by atoms with Crippen molar-refractivity contribution in [3.8, 4) is 22.9 Å². The van der Waals surface area contributed by atoms with Crippen molar-refractivity contribution in [3.63, 3.8) is 0 Å². The summed E-state index contributed by atoms with van der Waals surface area (Å²) in [5.41, 5.74) is 5.39. The van der Waals surface area contributed by atoms with Crippen molar-refractivity contribution in [1.29, 1.82) is 0 Å². The number of aromatic nitrogens is 2. The fraction of sp³-hybridized carbons (Fsp3) is 0.160. The lowest BCUT2D eigenvalue weighted by Gasteiger charge is -2.17. The molecule has 0 aliphatic rings. The normalized spacial score (nSPS) is 11.6. The van der Waals surface area contributed by atoms with Crippen LogP contribution in [0.2, 0.25) is 0 Å². The SMILES string of the molecule is COc1ccc(C(C)c2ccc(-c3noc(C(=O)NO)n3)cc2)cc1OCc1ccccc1. The molecule has 4 aromatic rings. The van der Waals surface area contributed by atoms with Crippen LogP contribution in [0.5, 0.6) is 11.5 Å². The van der Waals surface area contributed by atoms with Crippen LogP contribution in [0.4, 0.5) is 0 Å². The molecule has 0 aliphatic carbocycles. The molecule has 168 valence electrons. The number of methoxy groups -OCH3 is 1. The van der Waals surface area contributed by atoms with Gasteiger partial charge in [0.25, 0.3) is 0 Å². The van der Waals surface area contributed by atoms with Gasteiger partial charge in [-0.2, -0.15) is 4.98 Å². The highest BCUT2D eigenvalue weighted by molar-refractivity contribution is 5.88. The zero-order valence-electron chi connectivity index (χ0n) is 18.2. The minimum Gasteiger partial charge on any atom is -0.493 e. The van der Waals surface area contributed by atoms with Crippen molar-refractivity contribution < 1.29 is 24.0 Å². The van der Waals surface area contributed by atoms with E-state index in [0.29, 0.717) is 23.7 Å². The van der Waals surface area contributed by atoms with Crippen LogP contribution in [0.25, 0.3) is 11.4 Å². The molecule has 0 bridgehead atoms. The first kappa shape index (κ1) is 22.0. The Hall–Kier alpha value is -4.17. The van der Waals surface area contributed by atoms with E-state index in [0.717, 1.165) is 16.7 Å². The van der Waals surface area contributed by atoms with Gasteiger partial charge in [0.1, 0.15) is 6.61 Å². The molecule has 0 spiro atoms. The second-order valence-electron chi connectivity index (χ2n) is 7.39. The Morgan fingerprint density at radius 2 is 1.76 bits per heavy atom. The third kappa shape index (κ3) is 5.02. The first-order valence-electron chi connectivity index (χ1n) is 10.3. The average molecular weight is 445 g/mol. The topological polar surface area (TPSA) is 107 Å². The second kappa shape index (κ2) is 9.97. The number of hydrogen-bond acceptors (Lipinski definition) is 7. The van der Waals surface area contributed by atoms with E-state index in [1.165, 1.54) is 5.48 Å². The molecule has 0 saturated heterocycles. The van der Waals surface area contributed by atoms with Crippen LogP contribution in [0.1, 0.15) is 40.2 Å². The van der Waals surface area contributed by atoms with Gasteiger partial charge in [0, 0.05) is 11.5 Å². The summed E-state index contributed by atoms with van der Waals surface area (Å²) < 4.78 is 16.4. The largest absolute Gasteiger partial charge is 0.493 e. The molecule has 1 heterocycles. The van der Waals surface area contributed by atoms with Gasteiger partial charge in [-0.3, -0.25) is 10.0 Å². The van der Waals surface area contributed by atoms with E-state index in [1.807, 2.05) is 72.8 Å². The molecule has 3 aromatic carbocycles. The van der Waals surface area contributed by atoms with Crippen LogP contribution in [-0.2, 0) is 6.61 Å². The predicted molar refractivity (Wildman–Crippen MR) is 120 cm³/mol. The Morgan fingerprint density at radius 3 is 2.45 bits per heavy atom. The molecule has 33 heavy (non-hydrogen) atoms. The van der Waals surface area contributed by atoms with Gasteiger partial charge in [-0.1, -0.05) is 72.7 Å². The number of rotatable bonds is 8. The van der Waals surface area contributed by atoms with Gasteiger partial charge in [0.2, 0.25) is 5.82 Å². The number of carbonyl (C=O) groups is 1. The molecule has 0 fully saturated rings. The molecule has 8 heteroatoms. The lowest BCUT2D eigenvalue weighted by Crippen LogP contribution is -2.18. The number of nitrogens with zero attached hydrogens (tertiary/aromatic N) is 2. The molecule has 1 unspecified atom stereocenters. The number of hydrogen-bond donors (Lipinski definition) is 2. The van der Waals surface area contributed by atoms with E-state index < -0.39 is 5.91 Å². The number of hydroxylamine groups is 1. The van der Waals surface area contributed by atoms with Crippen LogP contribution in [0, 0.1) is 0 Å². The maximum Gasteiger partial charge on any atom is 0.333 e. The minimum absolute atomic E-state index is 0.0880. The Labute approximate surface area is 190 Å². The van der Waals surface area contributed by atoms with Crippen LogP contribution in [0.15, 0.2) is 77.3 Å². The fourth-order valence-electron chi connectivity index (χ4n) is 3.40. The Balaban J connectivity index is 1.51. The number of nitrogens with one attached hydrogen (secondary N) is 1. The van der Waals surface area contributed by atoms with E-state index in [2.05, 4.69) is 17.1 Å². The van der Waals surface area contributed by atoms with E-state index in [-0.39, 0.29) is 17.6 Å². The van der Waals surface area contributed by atoms with E-state index in [1.54, 1.807) is 7.11 Å². The monoisotopic (exact) mass is 445 g/mol. The third-order valence-electron chi connectivity index (χ3n) is 5.32. The molecule has 2 N–H and O–H groups in total. The highest BCUT2D eigenvalue weighted by atomic mass is 16.5. The van der Waals surface area contributed by atoms with Crippen molar-refractivity contribution in [3.05, 3.63) is 95.4 Å². The maximum absolute atomic E-state index is 11.4. The van der Waals surface area contributed by atoms with E-state index in [9.17, 15) is 4.79 Å². The fourth-order valence-corrected chi connectivity index (χ4v) is 3.40. The highest BCUT2D eigenvalue weighted by Gasteiger charge is 2.17. The van der Waals surface area contributed by atoms with E-state index in [4.69, 9.17) is 19.2 Å². The van der Waals surface area contributed by atoms with Gasteiger partial charge in [0.05, 0.1) is 7.11 Å². The number of benzene rings is 3. The van der Waals surface area contributed by atoms with Crippen molar-refractivity contribution in [1.82, 2.24) is 15.6 Å². The molecular formula is C25H23N3O5. The van der Waals surface area contributed by atoms with Crippen molar-refractivity contribution >= 4 is 5.91 Å². The van der Waals surface area contributed by atoms with Crippen LogP contribution < -0.4 is 15.0 Å². The molecule has 4 rings (SSSR count). The summed E-state index contributed by atoms with van der Waals surface area (Å²) in [6.07, 6.45) is 0. The molecule has 1 atom stereocenters. The van der Waals surface area contributed by atoms with Crippen LogP contribution in [0.3, 0.4) is 0 Å². The summed E-state index contributed by atoms with van der Waals surface area (Å²) in [7, 11) is 1.63. The van der Waals surface area contributed by atoms with Crippen molar-refractivity contribution in [2.75, 3.05) is 7.11 Å². The van der Waals surface area contributed by atoms with Gasteiger partial charge in [-0.25, -0.2) is 5.48 Å². The Kier molecular flexibility index (Phi) is 6.66. The molecular weight excluding hydrogens is 422 g/mol. The summed E-state index contributed by atoms with van der Waals surface area (Å²) in [6, 6.07) is 23.5. The minimum atomic E-state index is -0.858. The van der Waals surface area contributed by atoms with Gasteiger partial charge in [-0.15, -0.1) is 0 Å². The smallest absolute Gasteiger partial charge is 0.333 e. The summed E-state index contributed by atoms with van der Waals surface area (Å²) in [6.45, 7) is 2.56. The molecule has 8 nitrogen and oxygen atoms in total. The van der Waals surface area contributed by atoms with Gasteiger partial charge in [0.15, 0.2) is 11.5 Å². The Morgan fingerprint density at radius 1 is 1.03 bits per heavy atom. The van der Waals surface area contributed by atoms with Gasteiger partial charge >= 0.3 is 11.8 Å². The highest BCUT2D eigenvalue weighted by Crippen LogP contribution is 2.34. The lowest BCUT2D eigenvalue weighted by atomic mass is 9.92. The van der Waals surface area contributed by atoms with Gasteiger partial charge in [-0.05, 0) is 28.8 Å².